The van der Waals surface area contributed by atoms with E-state index in [-0.39, 0.29) is 11.6 Å². The molecule has 0 aliphatic rings. The maximum absolute atomic E-state index is 13.7. The van der Waals surface area contributed by atoms with E-state index in [4.69, 9.17) is 4.74 Å². The van der Waals surface area contributed by atoms with Gasteiger partial charge in [0.05, 0.1) is 17.3 Å². The van der Waals surface area contributed by atoms with E-state index < -0.39 is 17.1 Å². The number of nitrogens with one attached hydrogen (secondary N) is 3. The smallest absolute Gasteiger partial charge is 0.272 e. The van der Waals surface area contributed by atoms with Crippen molar-refractivity contribution in [3.8, 4) is 5.75 Å². The predicted molar refractivity (Wildman–Crippen MR) is 193 cm³/mol. The van der Waals surface area contributed by atoms with Crippen molar-refractivity contribution in [3.63, 3.8) is 0 Å². The van der Waals surface area contributed by atoms with Gasteiger partial charge in [-0.05, 0) is 60.2 Å². The molecule has 1 atom stereocenters. The van der Waals surface area contributed by atoms with Gasteiger partial charge in [0, 0.05) is 21.7 Å². The van der Waals surface area contributed by atoms with Gasteiger partial charge >= 0.3 is 0 Å². The van der Waals surface area contributed by atoms with Crippen molar-refractivity contribution in [3.05, 3.63) is 156 Å². The van der Waals surface area contributed by atoms with Crippen molar-refractivity contribution >= 4 is 67.9 Å². The molecule has 0 bridgehead atoms. The number of benzene rings is 5. The van der Waals surface area contributed by atoms with Crippen LogP contribution >= 0.6 is 23.1 Å². The lowest BCUT2D eigenvalue weighted by molar-refractivity contribution is -0.116. The molecule has 0 aliphatic carbocycles. The molecule has 0 saturated carbocycles. The van der Waals surface area contributed by atoms with Crippen molar-refractivity contribution in [2.45, 2.75) is 10.1 Å². The molecule has 1 aromatic heterocycles. The molecule has 3 N–H and O–H groups in total. The number of carbonyl (C=O) groups is 3. The summed E-state index contributed by atoms with van der Waals surface area (Å²) >= 11 is 2.77. The Kier molecular flexibility index (Phi) is 10.2. The summed E-state index contributed by atoms with van der Waals surface area (Å²) in [6.07, 6.45) is 1.57. The number of rotatable bonds is 11. The highest BCUT2D eigenvalue weighted by Gasteiger charge is 2.24. The summed E-state index contributed by atoms with van der Waals surface area (Å²) < 4.78 is 6.45. The van der Waals surface area contributed by atoms with Crippen LogP contribution in [0.4, 0.5) is 10.8 Å². The van der Waals surface area contributed by atoms with Crippen LogP contribution in [-0.2, 0) is 9.59 Å². The first-order valence-electron chi connectivity index (χ1n) is 15.0. The molecule has 0 fully saturated rings. The third kappa shape index (κ3) is 7.98. The highest BCUT2D eigenvalue weighted by Crippen LogP contribution is 2.38. The molecule has 5 aromatic carbocycles. The van der Waals surface area contributed by atoms with Crippen molar-refractivity contribution in [2.75, 3.05) is 17.7 Å². The van der Waals surface area contributed by atoms with E-state index in [0.29, 0.717) is 27.7 Å². The number of para-hydroxylation sites is 2. The number of carbonyl (C=O) groups excluding carboxylic acids is 3. The predicted octanol–water partition coefficient (Wildman–Crippen LogP) is 8.19. The third-order valence-electron chi connectivity index (χ3n) is 7.18. The summed E-state index contributed by atoms with van der Waals surface area (Å²) in [5.41, 5.74) is 3.19. The van der Waals surface area contributed by atoms with Crippen molar-refractivity contribution in [2.24, 2.45) is 0 Å². The average molecular weight is 671 g/mol. The number of fused-ring (bicyclic) bond motifs is 1. The van der Waals surface area contributed by atoms with Crippen LogP contribution in [-0.4, -0.2) is 29.8 Å². The highest BCUT2D eigenvalue weighted by molar-refractivity contribution is 8.00. The maximum Gasteiger partial charge on any atom is 0.272 e. The molecule has 8 nitrogen and oxygen atoms in total. The number of aromatic nitrogens is 1. The van der Waals surface area contributed by atoms with Gasteiger partial charge in [-0.3, -0.25) is 14.4 Å². The van der Waals surface area contributed by atoms with E-state index in [1.807, 2.05) is 78.9 Å². The zero-order valence-corrected chi connectivity index (χ0v) is 27.4. The second-order valence-electron chi connectivity index (χ2n) is 10.5. The first kappa shape index (κ1) is 32.2. The first-order chi connectivity index (χ1) is 23.5. The molecule has 1 heterocycles. The third-order valence-corrected chi connectivity index (χ3v) is 9.38. The van der Waals surface area contributed by atoms with E-state index in [0.717, 1.165) is 20.7 Å². The Morgan fingerprint density at radius 1 is 0.792 bits per heavy atom. The molecule has 0 saturated heterocycles. The number of hydrogen-bond acceptors (Lipinski definition) is 7. The quantitative estimate of drug-likeness (QED) is 0.0948. The number of thioether (sulfide) groups is 1. The molecule has 6 rings (SSSR count). The Balaban J connectivity index is 1.24. The Morgan fingerprint density at radius 2 is 1.50 bits per heavy atom. The average Bonchev–Trinajstić information content (AvgIpc) is 3.53. The van der Waals surface area contributed by atoms with Crippen LogP contribution in [0.3, 0.4) is 0 Å². The molecule has 0 spiro atoms. The van der Waals surface area contributed by atoms with Crippen molar-refractivity contribution in [1.82, 2.24) is 10.3 Å². The number of ether oxygens (including phenoxy) is 1. The van der Waals surface area contributed by atoms with Crippen molar-refractivity contribution in [1.29, 1.82) is 0 Å². The minimum atomic E-state index is -0.602. The lowest BCUT2D eigenvalue weighted by atomic mass is 10.1. The van der Waals surface area contributed by atoms with Crippen LogP contribution in [0.25, 0.3) is 16.3 Å². The SMILES string of the molecule is COc1ccccc1/C=C(/NC(=O)c1ccccc1)C(=O)Nc1cccc(SC(C(=O)Nc2nc3ccccc3s2)c2ccccc2)c1. The van der Waals surface area contributed by atoms with Gasteiger partial charge in [0.2, 0.25) is 5.91 Å². The number of amides is 3. The molecular formula is C38H30N4O4S2. The minimum absolute atomic E-state index is 0.0313. The topological polar surface area (TPSA) is 109 Å². The summed E-state index contributed by atoms with van der Waals surface area (Å²) in [7, 11) is 1.54. The lowest BCUT2D eigenvalue weighted by Crippen LogP contribution is -2.30. The molecule has 1 unspecified atom stereocenters. The van der Waals surface area contributed by atoms with Crippen LogP contribution in [0.15, 0.2) is 144 Å². The summed E-state index contributed by atoms with van der Waals surface area (Å²) in [6, 6.07) is 40.3. The second-order valence-corrected chi connectivity index (χ2v) is 12.7. The van der Waals surface area contributed by atoms with Crippen LogP contribution < -0.4 is 20.7 Å². The largest absolute Gasteiger partial charge is 0.496 e. The fourth-order valence-corrected chi connectivity index (χ4v) is 6.81. The van der Waals surface area contributed by atoms with Crippen LogP contribution in [0, 0.1) is 0 Å². The molecule has 10 heteroatoms. The lowest BCUT2D eigenvalue weighted by Gasteiger charge is -2.17. The van der Waals surface area contributed by atoms with Crippen molar-refractivity contribution < 1.29 is 19.1 Å². The first-order valence-corrected chi connectivity index (χ1v) is 16.7. The Hall–Kier alpha value is -5.71. The number of hydrogen-bond donors (Lipinski definition) is 3. The van der Waals surface area contributed by atoms with Gasteiger partial charge in [-0.1, -0.05) is 96.3 Å². The Morgan fingerprint density at radius 3 is 2.27 bits per heavy atom. The highest BCUT2D eigenvalue weighted by atomic mass is 32.2. The van der Waals surface area contributed by atoms with Crippen LogP contribution in [0.5, 0.6) is 5.75 Å². The molecule has 3 amide bonds. The number of nitrogens with zero attached hydrogens (tertiary/aromatic N) is 1. The van der Waals surface area contributed by atoms with Gasteiger partial charge in [0.1, 0.15) is 16.7 Å². The molecule has 6 aromatic rings. The van der Waals surface area contributed by atoms with E-state index in [9.17, 15) is 14.4 Å². The van der Waals surface area contributed by atoms with E-state index in [2.05, 4.69) is 20.9 Å². The van der Waals surface area contributed by atoms with Gasteiger partial charge in [0.25, 0.3) is 11.8 Å². The van der Waals surface area contributed by atoms with Gasteiger partial charge in [0.15, 0.2) is 5.13 Å². The number of methoxy groups -OCH3 is 1. The summed E-state index contributed by atoms with van der Waals surface area (Å²) in [4.78, 5) is 45.8. The van der Waals surface area contributed by atoms with E-state index in [1.54, 1.807) is 67.8 Å². The zero-order chi connectivity index (χ0) is 33.3. The zero-order valence-electron chi connectivity index (χ0n) is 25.8. The van der Waals surface area contributed by atoms with E-state index in [1.165, 1.54) is 23.1 Å². The fraction of sp³-hybridized carbons (Fsp3) is 0.0526. The Bertz CT molecular complexity index is 2070. The summed E-state index contributed by atoms with van der Waals surface area (Å²) in [5.74, 6) is -0.627. The van der Waals surface area contributed by atoms with E-state index >= 15 is 0 Å². The number of thiazole rings is 1. The monoisotopic (exact) mass is 670 g/mol. The maximum atomic E-state index is 13.7. The summed E-state index contributed by atoms with van der Waals surface area (Å²) in [5, 5.41) is 8.59. The van der Waals surface area contributed by atoms with Gasteiger partial charge < -0.3 is 20.7 Å². The van der Waals surface area contributed by atoms with Gasteiger partial charge in [-0.2, -0.15) is 0 Å². The van der Waals surface area contributed by atoms with Crippen LogP contribution in [0.1, 0.15) is 26.7 Å². The molecule has 0 aliphatic heterocycles. The standard InChI is InChI=1S/C38H30N4O4S2/c1-46-32-21-10-8-17-27(32)23-31(40-35(43)26-15-6-3-7-16-26)36(44)39-28-18-12-19-29(24-28)47-34(25-13-4-2-5-14-25)37(45)42-38-41-30-20-9-11-22-33(30)48-38/h2-24,34H,1H3,(H,39,44)(H,40,43)(H,41,42,45)/b31-23+. The van der Waals surface area contributed by atoms with Gasteiger partial charge in [-0.15, -0.1) is 11.8 Å². The second kappa shape index (κ2) is 15.3. The van der Waals surface area contributed by atoms with Crippen LogP contribution in [0.2, 0.25) is 0 Å². The van der Waals surface area contributed by atoms with Gasteiger partial charge in [-0.25, -0.2) is 4.98 Å². The molecular weight excluding hydrogens is 641 g/mol. The fourth-order valence-electron chi connectivity index (χ4n) is 4.86. The summed E-state index contributed by atoms with van der Waals surface area (Å²) in [6.45, 7) is 0. The minimum Gasteiger partial charge on any atom is -0.496 e. The molecule has 48 heavy (non-hydrogen) atoms. The molecule has 0 radical (unpaired) electrons. The Labute approximate surface area is 285 Å². The normalized spacial score (nSPS) is 11.8. The molecule has 238 valence electrons. The number of anilines is 2.